The molecule has 134 valence electrons. The third-order valence-electron chi connectivity index (χ3n) is 5.85. The SMILES string of the molecule is Cc1nc2c(c(C)c1CC(=O)N1C3CCNCC1CC3)c(=O)[nH]n2C. The lowest BCUT2D eigenvalue weighted by atomic mass is 10.0. The molecular formula is C18H25N5O2. The molecule has 2 aromatic heterocycles. The van der Waals surface area contributed by atoms with Crippen molar-refractivity contribution in [2.45, 2.75) is 51.6 Å². The van der Waals surface area contributed by atoms with Crippen molar-refractivity contribution in [3.8, 4) is 0 Å². The van der Waals surface area contributed by atoms with Crippen molar-refractivity contribution in [1.82, 2.24) is 25.0 Å². The van der Waals surface area contributed by atoms with Crippen molar-refractivity contribution in [1.29, 1.82) is 0 Å². The van der Waals surface area contributed by atoms with E-state index in [1.807, 2.05) is 13.8 Å². The largest absolute Gasteiger partial charge is 0.335 e. The van der Waals surface area contributed by atoms with Crippen molar-refractivity contribution in [2.75, 3.05) is 13.1 Å². The summed E-state index contributed by atoms with van der Waals surface area (Å²) in [6, 6.07) is 0.655. The van der Waals surface area contributed by atoms with Crippen molar-refractivity contribution < 1.29 is 4.79 Å². The molecule has 2 bridgehead atoms. The number of hydrogen-bond donors (Lipinski definition) is 2. The van der Waals surface area contributed by atoms with E-state index in [0.717, 1.165) is 49.2 Å². The summed E-state index contributed by atoms with van der Waals surface area (Å²) in [5.41, 5.74) is 3.10. The fourth-order valence-electron chi connectivity index (χ4n) is 4.54. The summed E-state index contributed by atoms with van der Waals surface area (Å²) >= 11 is 0. The molecule has 2 atom stereocenters. The van der Waals surface area contributed by atoms with E-state index in [2.05, 4.69) is 20.3 Å². The predicted octanol–water partition coefficient (Wildman–Crippen LogP) is 0.774. The molecule has 2 N–H and O–H groups in total. The molecule has 2 aliphatic heterocycles. The summed E-state index contributed by atoms with van der Waals surface area (Å²) in [5.74, 6) is 0.163. The van der Waals surface area contributed by atoms with Gasteiger partial charge in [-0.25, -0.2) is 4.98 Å². The fourth-order valence-corrected chi connectivity index (χ4v) is 4.54. The molecule has 2 saturated heterocycles. The molecule has 7 heteroatoms. The van der Waals surface area contributed by atoms with Gasteiger partial charge in [-0.1, -0.05) is 0 Å². The Morgan fingerprint density at radius 1 is 1.24 bits per heavy atom. The van der Waals surface area contributed by atoms with Crippen LogP contribution in [0.5, 0.6) is 0 Å². The number of aromatic nitrogens is 3. The first-order chi connectivity index (χ1) is 12.0. The number of carbonyl (C=O) groups is 1. The Hall–Kier alpha value is -2.15. The van der Waals surface area contributed by atoms with Crippen LogP contribution in [0.15, 0.2) is 4.79 Å². The second-order valence-corrected chi connectivity index (χ2v) is 7.35. The van der Waals surface area contributed by atoms with E-state index in [1.54, 1.807) is 11.7 Å². The van der Waals surface area contributed by atoms with Gasteiger partial charge in [0.1, 0.15) is 0 Å². The van der Waals surface area contributed by atoms with E-state index < -0.39 is 0 Å². The lowest BCUT2D eigenvalue weighted by Crippen LogP contribution is -2.43. The molecule has 7 nitrogen and oxygen atoms in total. The van der Waals surface area contributed by atoms with Gasteiger partial charge in [0.15, 0.2) is 5.65 Å². The molecular weight excluding hydrogens is 318 g/mol. The second-order valence-electron chi connectivity index (χ2n) is 7.35. The quantitative estimate of drug-likeness (QED) is 0.844. The minimum absolute atomic E-state index is 0.143. The highest BCUT2D eigenvalue weighted by Crippen LogP contribution is 2.29. The Morgan fingerprint density at radius 2 is 2.00 bits per heavy atom. The monoisotopic (exact) mass is 343 g/mol. The maximum atomic E-state index is 13.1. The first-order valence-electron chi connectivity index (χ1n) is 9.04. The molecule has 2 unspecified atom stereocenters. The molecule has 0 saturated carbocycles. The minimum Gasteiger partial charge on any atom is -0.335 e. The van der Waals surface area contributed by atoms with E-state index in [9.17, 15) is 9.59 Å². The Morgan fingerprint density at radius 3 is 2.80 bits per heavy atom. The zero-order chi connectivity index (χ0) is 17.7. The summed E-state index contributed by atoms with van der Waals surface area (Å²) in [5, 5.41) is 6.78. The fraction of sp³-hybridized carbons (Fsp3) is 0.611. The van der Waals surface area contributed by atoms with Gasteiger partial charge in [-0.3, -0.25) is 19.4 Å². The van der Waals surface area contributed by atoms with Crippen LogP contribution in [0.3, 0.4) is 0 Å². The lowest BCUT2D eigenvalue weighted by molar-refractivity contribution is -0.133. The van der Waals surface area contributed by atoms with Gasteiger partial charge in [0, 0.05) is 31.4 Å². The average Bonchev–Trinajstić information content (AvgIpc) is 2.98. The minimum atomic E-state index is -0.143. The third-order valence-corrected chi connectivity index (χ3v) is 5.85. The lowest BCUT2D eigenvalue weighted by Gasteiger charge is -2.28. The van der Waals surface area contributed by atoms with Crippen LogP contribution in [0.2, 0.25) is 0 Å². The summed E-state index contributed by atoms with van der Waals surface area (Å²) in [6.45, 7) is 5.71. The Labute approximate surface area is 146 Å². The smallest absolute Gasteiger partial charge is 0.273 e. The number of hydrogen-bond acceptors (Lipinski definition) is 4. The van der Waals surface area contributed by atoms with Crippen LogP contribution in [0.1, 0.15) is 36.1 Å². The summed E-state index contributed by atoms with van der Waals surface area (Å²) in [6.07, 6.45) is 3.53. The highest BCUT2D eigenvalue weighted by atomic mass is 16.2. The number of pyridine rings is 1. The summed E-state index contributed by atoms with van der Waals surface area (Å²) in [4.78, 5) is 32.0. The van der Waals surface area contributed by atoms with E-state index >= 15 is 0 Å². The maximum Gasteiger partial charge on any atom is 0.273 e. The van der Waals surface area contributed by atoms with Crippen LogP contribution in [0, 0.1) is 13.8 Å². The molecule has 1 amide bonds. The topological polar surface area (TPSA) is 83.0 Å². The number of aryl methyl sites for hydroxylation is 3. The normalized spacial score (nSPS) is 23.2. The van der Waals surface area contributed by atoms with Crippen LogP contribution in [-0.2, 0) is 18.3 Å². The van der Waals surface area contributed by atoms with Gasteiger partial charge in [-0.15, -0.1) is 0 Å². The predicted molar refractivity (Wildman–Crippen MR) is 95.7 cm³/mol. The molecule has 4 rings (SSSR count). The molecule has 0 radical (unpaired) electrons. The first-order valence-corrected chi connectivity index (χ1v) is 9.04. The molecule has 0 spiro atoms. The molecule has 2 aromatic rings. The van der Waals surface area contributed by atoms with Gasteiger partial charge >= 0.3 is 0 Å². The van der Waals surface area contributed by atoms with E-state index in [-0.39, 0.29) is 11.5 Å². The zero-order valence-corrected chi connectivity index (χ0v) is 15.1. The van der Waals surface area contributed by atoms with Crippen LogP contribution in [0.25, 0.3) is 11.0 Å². The summed E-state index contributed by atoms with van der Waals surface area (Å²) in [7, 11) is 1.78. The standard InChI is InChI=1S/C18H25N5O2/c1-10-14(11(2)20-17-16(10)18(25)21-22(17)3)8-15(24)23-12-4-5-13(23)9-19-7-6-12/h12-13,19H,4-9H2,1-3H3,(H,21,25). The van der Waals surface area contributed by atoms with E-state index in [4.69, 9.17) is 0 Å². The zero-order valence-electron chi connectivity index (χ0n) is 15.1. The number of nitrogens with one attached hydrogen (secondary N) is 2. The van der Waals surface area contributed by atoms with Crippen LogP contribution in [-0.4, -0.2) is 50.7 Å². The molecule has 2 fully saturated rings. The van der Waals surface area contributed by atoms with Crippen molar-refractivity contribution >= 4 is 16.9 Å². The second kappa shape index (κ2) is 5.98. The first kappa shape index (κ1) is 16.3. The van der Waals surface area contributed by atoms with Crippen molar-refractivity contribution in [3.63, 3.8) is 0 Å². The number of nitrogens with zero attached hydrogens (tertiary/aromatic N) is 3. The van der Waals surface area contributed by atoms with Crippen LogP contribution < -0.4 is 10.9 Å². The molecule has 0 aliphatic carbocycles. The molecule has 4 heterocycles. The van der Waals surface area contributed by atoms with E-state index in [0.29, 0.717) is 29.5 Å². The molecule has 2 aliphatic rings. The highest BCUT2D eigenvalue weighted by Gasteiger charge is 2.38. The van der Waals surface area contributed by atoms with Crippen molar-refractivity contribution in [2.24, 2.45) is 7.05 Å². The third kappa shape index (κ3) is 2.57. The number of H-pyrrole nitrogens is 1. The molecule has 25 heavy (non-hydrogen) atoms. The van der Waals surface area contributed by atoms with Crippen LogP contribution >= 0.6 is 0 Å². The average molecular weight is 343 g/mol. The highest BCUT2D eigenvalue weighted by molar-refractivity contribution is 5.85. The number of aromatic amines is 1. The Kier molecular flexibility index (Phi) is 3.91. The summed E-state index contributed by atoms with van der Waals surface area (Å²) < 4.78 is 1.64. The van der Waals surface area contributed by atoms with E-state index in [1.165, 1.54) is 0 Å². The van der Waals surface area contributed by atoms with Gasteiger partial charge in [-0.05, 0) is 50.8 Å². The van der Waals surface area contributed by atoms with Crippen LogP contribution in [0.4, 0.5) is 0 Å². The number of rotatable bonds is 2. The number of fused-ring (bicyclic) bond motifs is 3. The van der Waals surface area contributed by atoms with Crippen molar-refractivity contribution in [3.05, 3.63) is 27.2 Å². The number of amides is 1. The van der Waals surface area contributed by atoms with Gasteiger partial charge in [0.05, 0.1) is 11.8 Å². The maximum absolute atomic E-state index is 13.1. The van der Waals surface area contributed by atoms with Gasteiger partial charge in [0.2, 0.25) is 5.91 Å². The van der Waals surface area contributed by atoms with Gasteiger partial charge < -0.3 is 10.2 Å². The Bertz CT molecular complexity index is 883. The van der Waals surface area contributed by atoms with Gasteiger partial charge in [-0.2, -0.15) is 0 Å². The van der Waals surface area contributed by atoms with Gasteiger partial charge in [0.25, 0.3) is 5.56 Å². The Balaban J connectivity index is 1.70. The number of carbonyl (C=O) groups excluding carboxylic acids is 1. The molecule has 0 aromatic carbocycles.